The van der Waals surface area contributed by atoms with E-state index in [2.05, 4.69) is 0 Å². The van der Waals surface area contributed by atoms with E-state index in [9.17, 15) is 9.59 Å². The molecule has 2 rings (SSSR count). The van der Waals surface area contributed by atoms with Gasteiger partial charge in [-0.25, -0.2) is 4.79 Å². The number of aliphatic carboxylic acids is 1. The molecule has 0 aliphatic carbocycles. The Hall–Kier alpha value is -1.24. The lowest BCUT2D eigenvalue weighted by molar-refractivity contribution is -0.154. The number of rotatable bonds is 2. The third-order valence-corrected chi connectivity index (χ3v) is 3.81. The summed E-state index contributed by atoms with van der Waals surface area (Å²) in [5.74, 6) is -1.40. The predicted molar refractivity (Wildman–Crippen MR) is 68.7 cm³/mol. The van der Waals surface area contributed by atoms with Gasteiger partial charge in [0.25, 0.3) is 5.91 Å². The fraction of sp³-hybridized carbons (Fsp3) is 0.455. The Labute approximate surface area is 119 Å². The van der Waals surface area contributed by atoms with Crippen molar-refractivity contribution in [3.63, 3.8) is 0 Å². The second-order valence-corrected chi connectivity index (χ2v) is 4.94. The average molecular weight is 307 g/mol. The highest BCUT2D eigenvalue weighted by Crippen LogP contribution is 2.26. The lowest BCUT2D eigenvalue weighted by atomic mass is 10.2. The van der Waals surface area contributed by atoms with Gasteiger partial charge in [-0.15, -0.1) is 0 Å². The standard InChI is InChI=1S/C11H12Cl2N2O4/c1-14-7(4-6(12)9(14)13)10(16)15-2-3-19-8(5-15)11(17)18/h4,8H,2-3,5H2,1H3,(H,17,18). The lowest BCUT2D eigenvalue weighted by Gasteiger charge is -2.30. The molecule has 1 aromatic heterocycles. The van der Waals surface area contributed by atoms with E-state index in [0.29, 0.717) is 12.2 Å². The van der Waals surface area contributed by atoms with Crippen molar-refractivity contribution in [1.29, 1.82) is 0 Å². The first-order valence-electron chi connectivity index (χ1n) is 5.56. The van der Waals surface area contributed by atoms with Gasteiger partial charge in [0.05, 0.1) is 18.2 Å². The van der Waals surface area contributed by atoms with E-state index in [-0.39, 0.29) is 29.2 Å². The van der Waals surface area contributed by atoms with Gasteiger partial charge in [-0.05, 0) is 6.07 Å². The molecule has 104 valence electrons. The third-order valence-electron chi connectivity index (χ3n) is 2.96. The number of carboxylic acids is 1. The van der Waals surface area contributed by atoms with Crippen LogP contribution in [0.1, 0.15) is 10.5 Å². The summed E-state index contributed by atoms with van der Waals surface area (Å²) in [6.07, 6.45) is -0.996. The number of nitrogens with zero attached hydrogens (tertiary/aromatic N) is 2. The van der Waals surface area contributed by atoms with Gasteiger partial charge in [0.15, 0.2) is 6.10 Å². The summed E-state index contributed by atoms with van der Waals surface area (Å²) >= 11 is 11.8. The van der Waals surface area contributed by atoms with E-state index >= 15 is 0 Å². The molecule has 2 heterocycles. The molecule has 1 unspecified atom stereocenters. The highest BCUT2D eigenvalue weighted by molar-refractivity contribution is 6.41. The smallest absolute Gasteiger partial charge is 0.334 e. The Bertz CT molecular complexity index is 529. The highest BCUT2D eigenvalue weighted by atomic mass is 35.5. The summed E-state index contributed by atoms with van der Waals surface area (Å²) < 4.78 is 6.53. The molecule has 1 fully saturated rings. The summed E-state index contributed by atoms with van der Waals surface area (Å²) in [7, 11) is 1.62. The summed E-state index contributed by atoms with van der Waals surface area (Å²) in [4.78, 5) is 24.6. The molecule has 0 radical (unpaired) electrons. The lowest BCUT2D eigenvalue weighted by Crippen LogP contribution is -2.48. The first kappa shape index (κ1) is 14.2. The molecule has 6 nitrogen and oxygen atoms in total. The molecule has 19 heavy (non-hydrogen) atoms. The summed E-state index contributed by atoms with van der Waals surface area (Å²) in [5, 5.41) is 9.46. The van der Waals surface area contributed by atoms with E-state index in [1.54, 1.807) is 7.05 Å². The van der Waals surface area contributed by atoms with Gasteiger partial charge >= 0.3 is 5.97 Å². The Morgan fingerprint density at radius 1 is 1.47 bits per heavy atom. The van der Waals surface area contributed by atoms with Crippen LogP contribution in [-0.4, -0.2) is 52.3 Å². The van der Waals surface area contributed by atoms with E-state index in [0.717, 1.165) is 0 Å². The Morgan fingerprint density at radius 3 is 2.68 bits per heavy atom. The summed E-state index contributed by atoms with van der Waals surface area (Å²) in [6.45, 7) is 0.534. The quantitative estimate of drug-likeness (QED) is 0.893. The Balaban J connectivity index is 2.19. The highest BCUT2D eigenvalue weighted by Gasteiger charge is 2.30. The van der Waals surface area contributed by atoms with Crippen LogP contribution in [0.4, 0.5) is 0 Å². The number of hydrogen-bond acceptors (Lipinski definition) is 3. The zero-order valence-electron chi connectivity index (χ0n) is 10.1. The molecule has 8 heteroatoms. The number of ether oxygens (including phenoxy) is 1. The van der Waals surface area contributed by atoms with E-state index < -0.39 is 12.1 Å². The monoisotopic (exact) mass is 306 g/mol. The first-order chi connectivity index (χ1) is 8.91. The predicted octanol–water partition coefficient (Wildman–Crippen LogP) is 1.26. The third kappa shape index (κ3) is 2.70. The van der Waals surface area contributed by atoms with Crippen LogP contribution >= 0.6 is 23.2 Å². The van der Waals surface area contributed by atoms with Gasteiger partial charge in [-0.2, -0.15) is 0 Å². The Morgan fingerprint density at radius 2 is 2.16 bits per heavy atom. The second kappa shape index (κ2) is 5.40. The van der Waals surface area contributed by atoms with Crippen LogP contribution in [0.15, 0.2) is 6.07 Å². The molecular weight excluding hydrogens is 295 g/mol. The second-order valence-electron chi connectivity index (χ2n) is 4.18. The normalized spacial score (nSPS) is 19.5. The van der Waals surface area contributed by atoms with Gasteiger partial charge in [0.2, 0.25) is 0 Å². The van der Waals surface area contributed by atoms with Crippen LogP contribution in [0.5, 0.6) is 0 Å². The van der Waals surface area contributed by atoms with Gasteiger partial charge in [-0.1, -0.05) is 23.2 Å². The van der Waals surface area contributed by atoms with Crippen LogP contribution in [0, 0.1) is 0 Å². The maximum absolute atomic E-state index is 12.3. The fourth-order valence-corrected chi connectivity index (χ4v) is 2.27. The number of carbonyl (C=O) groups is 2. The molecular formula is C11H12Cl2N2O4. The minimum Gasteiger partial charge on any atom is -0.479 e. The maximum Gasteiger partial charge on any atom is 0.334 e. The summed E-state index contributed by atoms with van der Waals surface area (Å²) in [5.41, 5.74) is 0.320. The number of morpholine rings is 1. The van der Waals surface area contributed by atoms with Crippen LogP contribution in [0.2, 0.25) is 10.2 Å². The van der Waals surface area contributed by atoms with Crippen LogP contribution < -0.4 is 0 Å². The minimum atomic E-state index is -1.08. The van der Waals surface area contributed by atoms with Crippen molar-refractivity contribution < 1.29 is 19.4 Å². The maximum atomic E-state index is 12.3. The molecule has 1 amide bonds. The van der Waals surface area contributed by atoms with Crippen LogP contribution in [-0.2, 0) is 16.6 Å². The Kier molecular flexibility index (Phi) is 4.03. The summed E-state index contributed by atoms with van der Waals surface area (Å²) in [6, 6.07) is 1.47. The van der Waals surface area contributed by atoms with Crippen molar-refractivity contribution >= 4 is 35.1 Å². The number of carboxylic acid groups (broad SMARTS) is 1. The van der Waals surface area contributed by atoms with Crippen LogP contribution in [0.25, 0.3) is 0 Å². The van der Waals surface area contributed by atoms with Crippen molar-refractivity contribution in [2.75, 3.05) is 19.7 Å². The van der Waals surface area contributed by atoms with Crippen molar-refractivity contribution in [3.8, 4) is 0 Å². The van der Waals surface area contributed by atoms with E-state index in [1.807, 2.05) is 0 Å². The molecule has 0 saturated carbocycles. The van der Waals surface area contributed by atoms with Crippen molar-refractivity contribution in [3.05, 3.63) is 21.9 Å². The van der Waals surface area contributed by atoms with Crippen molar-refractivity contribution in [2.45, 2.75) is 6.10 Å². The molecule has 1 saturated heterocycles. The van der Waals surface area contributed by atoms with Gasteiger partial charge < -0.3 is 19.3 Å². The number of halogens is 2. The molecule has 1 atom stereocenters. The van der Waals surface area contributed by atoms with Crippen molar-refractivity contribution in [1.82, 2.24) is 9.47 Å². The van der Waals surface area contributed by atoms with Crippen molar-refractivity contribution in [2.24, 2.45) is 7.05 Å². The van der Waals surface area contributed by atoms with Gasteiger partial charge in [0.1, 0.15) is 10.8 Å². The minimum absolute atomic E-state index is 0.00852. The molecule has 0 spiro atoms. The number of carbonyl (C=O) groups excluding carboxylic acids is 1. The molecule has 0 bridgehead atoms. The molecule has 1 aromatic rings. The first-order valence-corrected chi connectivity index (χ1v) is 6.31. The van der Waals surface area contributed by atoms with Crippen LogP contribution in [0.3, 0.4) is 0 Å². The number of hydrogen-bond donors (Lipinski definition) is 1. The SMILES string of the molecule is Cn1c(C(=O)N2CCOC(C(=O)O)C2)cc(Cl)c1Cl. The van der Waals surface area contributed by atoms with E-state index in [1.165, 1.54) is 15.5 Å². The molecule has 1 aliphatic heterocycles. The number of aromatic nitrogens is 1. The largest absolute Gasteiger partial charge is 0.479 e. The molecule has 0 aromatic carbocycles. The van der Waals surface area contributed by atoms with E-state index in [4.69, 9.17) is 33.0 Å². The topological polar surface area (TPSA) is 71.8 Å². The van der Waals surface area contributed by atoms with Gasteiger partial charge in [-0.3, -0.25) is 4.79 Å². The zero-order chi connectivity index (χ0) is 14.2. The zero-order valence-corrected chi connectivity index (χ0v) is 11.6. The average Bonchev–Trinajstić information content (AvgIpc) is 2.66. The fourth-order valence-electron chi connectivity index (χ4n) is 1.89. The number of amides is 1. The van der Waals surface area contributed by atoms with Gasteiger partial charge in [0, 0.05) is 13.6 Å². The molecule has 1 aliphatic rings. The molecule has 1 N–H and O–H groups in total.